The van der Waals surface area contributed by atoms with Gasteiger partial charge in [0, 0.05) is 45.1 Å². The number of benzene rings is 1. The number of aromatic nitrogens is 1. The summed E-state index contributed by atoms with van der Waals surface area (Å²) in [4.78, 5) is 57.2. The summed E-state index contributed by atoms with van der Waals surface area (Å²) in [7, 11) is -3.82. The van der Waals surface area contributed by atoms with E-state index < -0.39 is 80.8 Å². The second-order valence-corrected chi connectivity index (χ2v) is 27.3. The van der Waals surface area contributed by atoms with E-state index in [0.717, 1.165) is 84.6 Å². The standard InChI is InChI=1S/C34H39NO5S.C26H36O8S/c1-4-7-29-39-28-17-25-24-11-10-21-16-22(36)12-14-32(21,2)30(24)26(37)18-33(25,3)34(28,40-29)27(38)19-41-31-23-9-6-5-8-20(23)13-15-35-31;1-5-6-22-33-21-12-18-17-8-7-15-11-16(27)9-10-24(15,2)23(17)19(28)13-25(18,3)26(21,34-22)20(29)14-32-35(4,30)31/h5-6,8-9,12-16,24-26,28-30,37H,4,7,10-11,17-19H2,1-3H3;9-11,17-19,21-23,28H,5-8,12-14H2,1-4H3/t24?,25?,26-,28+,29+,30?,32?,33?,34+;17?,18?,19-,21+,22+,23?,24?,25?,26+/m00/s1. The van der Waals surface area contributed by atoms with Gasteiger partial charge in [0.2, 0.25) is 0 Å². The molecule has 12 rings (SSSR count). The number of ketones is 4. The van der Waals surface area contributed by atoms with E-state index in [9.17, 15) is 37.8 Å². The number of carbonyl (C=O) groups is 4. The number of aliphatic hydroxyl groups is 2. The molecular formula is C60H75NO13S2. The maximum atomic E-state index is 14.6. The summed E-state index contributed by atoms with van der Waals surface area (Å²) in [6, 6.07) is 10.1. The Bertz CT molecular complexity index is 2950. The first-order valence-electron chi connectivity index (χ1n) is 27.9. The molecule has 16 heteroatoms. The van der Waals surface area contributed by atoms with Crippen molar-refractivity contribution in [3.63, 3.8) is 0 Å². The van der Waals surface area contributed by atoms with E-state index in [4.69, 9.17) is 23.1 Å². The molecule has 0 radical (unpaired) electrons. The highest BCUT2D eigenvalue weighted by molar-refractivity contribution is 8.00. The zero-order valence-corrected chi connectivity index (χ0v) is 46.5. The van der Waals surface area contributed by atoms with Gasteiger partial charge >= 0.3 is 0 Å². The van der Waals surface area contributed by atoms with E-state index >= 15 is 0 Å². The van der Waals surface area contributed by atoms with Gasteiger partial charge in [0.15, 0.2) is 46.9 Å². The third-order valence-corrected chi connectivity index (χ3v) is 22.4. The van der Waals surface area contributed by atoms with Crippen LogP contribution in [-0.4, -0.2) is 114 Å². The Balaban J connectivity index is 0.000000164. The number of nitrogens with zero attached hydrogens (tertiary/aromatic N) is 1. The molecule has 1 aromatic carbocycles. The minimum absolute atomic E-state index is 0.00315. The fourth-order valence-corrected chi connectivity index (χ4v) is 19.0. The van der Waals surface area contributed by atoms with Gasteiger partial charge in [-0.15, -0.1) is 0 Å². The van der Waals surface area contributed by atoms with E-state index in [1.54, 1.807) is 30.5 Å². The molecular weight excluding hydrogens is 1010 g/mol. The van der Waals surface area contributed by atoms with Crippen LogP contribution in [0.3, 0.4) is 0 Å². The third kappa shape index (κ3) is 8.25. The number of carbonyl (C=O) groups excluding carboxylic acids is 4. The number of fused-ring (bicyclic) bond motifs is 15. The van der Waals surface area contributed by atoms with E-state index in [2.05, 4.69) is 38.7 Å². The number of aliphatic hydroxyl groups excluding tert-OH is 2. The second kappa shape index (κ2) is 19.5. The molecule has 0 bridgehead atoms. The number of hydrogen-bond acceptors (Lipinski definition) is 15. The Kier molecular flexibility index (Phi) is 13.9. The number of rotatable bonds is 12. The van der Waals surface area contributed by atoms with Gasteiger partial charge < -0.3 is 29.2 Å². The van der Waals surface area contributed by atoms with Gasteiger partial charge in [0.05, 0.1) is 36.4 Å². The molecule has 2 saturated heterocycles. The first-order valence-corrected chi connectivity index (χ1v) is 30.7. The summed E-state index contributed by atoms with van der Waals surface area (Å²) < 4.78 is 54.4. The summed E-state index contributed by atoms with van der Waals surface area (Å²) in [6.07, 6.45) is 18.9. The van der Waals surface area contributed by atoms with Crippen LogP contribution in [0.1, 0.15) is 119 Å². The molecule has 6 saturated carbocycles. The van der Waals surface area contributed by atoms with E-state index in [1.807, 2.05) is 50.3 Å². The molecule has 2 aromatic rings. The highest BCUT2D eigenvalue weighted by Gasteiger charge is 2.77. The Morgan fingerprint density at radius 1 is 0.750 bits per heavy atom. The molecule has 1 aromatic heterocycles. The minimum Gasteiger partial charge on any atom is -0.393 e. The number of ether oxygens (including phenoxy) is 4. The summed E-state index contributed by atoms with van der Waals surface area (Å²) in [6.45, 7) is 12.0. The quantitative estimate of drug-likeness (QED) is 0.151. The van der Waals surface area contributed by atoms with Crippen LogP contribution in [0.2, 0.25) is 0 Å². The van der Waals surface area contributed by atoms with Crippen LogP contribution < -0.4 is 0 Å². The lowest BCUT2D eigenvalue weighted by Crippen LogP contribution is -2.63. The summed E-state index contributed by atoms with van der Waals surface area (Å²) in [5.74, 6) is 0.305. The van der Waals surface area contributed by atoms with Crippen molar-refractivity contribution in [1.82, 2.24) is 4.98 Å². The highest BCUT2D eigenvalue weighted by atomic mass is 32.2. The Hall–Kier alpha value is -3.71. The van der Waals surface area contributed by atoms with Crippen molar-refractivity contribution >= 4 is 55.8 Å². The lowest BCUT2D eigenvalue weighted by Gasteiger charge is -2.59. The molecule has 410 valence electrons. The van der Waals surface area contributed by atoms with Gasteiger partial charge in [-0.3, -0.25) is 23.4 Å². The van der Waals surface area contributed by atoms with E-state index in [1.165, 1.54) is 11.8 Å². The Morgan fingerprint density at radius 3 is 1.75 bits per heavy atom. The predicted octanol–water partition coefficient (Wildman–Crippen LogP) is 8.77. The number of allylic oxidation sites excluding steroid dienone is 8. The molecule has 2 N–H and O–H groups in total. The molecule has 0 amide bonds. The highest BCUT2D eigenvalue weighted by Crippen LogP contribution is 2.72. The lowest BCUT2D eigenvalue weighted by atomic mass is 9.46. The zero-order valence-electron chi connectivity index (χ0n) is 44.9. The van der Waals surface area contributed by atoms with Crippen LogP contribution in [0.25, 0.3) is 10.8 Å². The summed E-state index contributed by atoms with van der Waals surface area (Å²) >= 11 is 1.47. The van der Waals surface area contributed by atoms with Crippen molar-refractivity contribution in [2.24, 2.45) is 57.2 Å². The van der Waals surface area contributed by atoms with Gasteiger partial charge in [-0.1, -0.05) is 114 Å². The molecule has 8 aliphatic carbocycles. The van der Waals surface area contributed by atoms with Crippen molar-refractivity contribution in [3.05, 3.63) is 84.1 Å². The second-order valence-electron chi connectivity index (χ2n) is 24.7. The maximum absolute atomic E-state index is 14.6. The van der Waals surface area contributed by atoms with Crippen LogP contribution in [0.5, 0.6) is 0 Å². The first kappa shape index (κ1) is 54.3. The van der Waals surface area contributed by atoms with Gasteiger partial charge in [0.1, 0.15) is 11.6 Å². The average Bonchev–Trinajstić information content (AvgIpc) is 4.10. The molecule has 2 aliphatic heterocycles. The molecule has 0 spiro atoms. The van der Waals surface area contributed by atoms with Crippen LogP contribution in [-0.2, 0) is 52.4 Å². The van der Waals surface area contributed by atoms with Gasteiger partial charge in [-0.05, 0) is 124 Å². The molecule has 18 atom stereocenters. The lowest BCUT2D eigenvalue weighted by molar-refractivity contribution is -0.200. The van der Waals surface area contributed by atoms with Gasteiger partial charge in [0.25, 0.3) is 10.1 Å². The number of Topliss-reactive ketones (excluding diaryl/α,β-unsaturated/α-hetero) is 2. The molecule has 3 heterocycles. The molecule has 10 unspecified atom stereocenters. The molecule has 76 heavy (non-hydrogen) atoms. The van der Waals surface area contributed by atoms with Crippen molar-refractivity contribution < 1.29 is 60.9 Å². The SMILES string of the molecule is CCC[C@@H]1O[C@@H]2CC3C4CCC5=CC(=O)C=CC5(C)C4[C@@H](O)CC3(C)[C@]2(C(=O)COS(C)(=O)=O)O1.CCC[C@@H]1O[C@@H]2CC3C4CCC5=CC(=O)C=CC5(C)C4[C@@H](O)CC3(C)[C@]2(C(=O)CSc2nccc3ccccc23)O1. The Morgan fingerprint density at radius 2 is 1.25 bits per heavy atom. The largest absolute Gasteiger partial charge is 0.393 e. The molecule has 10 aliphatic rings. The predicted molar refractivity (Wildman–Crippen MR) is 285 cm³/mol. The van der Waals surface area contributed by atoms with Crippen molar-refractivity contribution in [2.75, 3.05) is 18.6 Å². The van der Waals surface area contributed by atoms with Gasteiger partial charge in [-0.25, -0.2) is 4.98 Å². The first-order chi connectivity index (χ1) is 36.1. The van der Waals surface area contributed by atoms with Crippen LogP contribution in [0.4, 0.5) is 0 Å². The van der Waals surface area contributed by atoms with Crippen molar-refractivity contribution in [1.29, 1.82) is 0 Å². The van der Waals surface area contributed by atoms with Crippen LogP contribution >= 0.6 is 11.8 Å². The van der Waals surface area contributed by atoms with Crippen molar-refractivity contribution in [3.8, 4) is 0 Å². The smallest absolute Gasteiger partial charge is 0.264 e. The van der Waals surface area contributed by atoms with Crippen molar-refractivity contribution in [2.45, 2.75) is 172 Å². The fraction of sp³-hybridized carbons (Fsp3) is 0.650. The third-order valence-electron chi connectivity index (χ3n) is 20.8. The monoisotopic (exact) mass is 1080 g/mol. The molecule has 8 fully saturated rings. The number of hydrogen-bond donors (Lipinski definition) is 2. The summed E-state index contributed by atoms with van der Waals surface area (Å²) in [5, 5.41) is 26.6. The number of pyridine rings is 1. The topological polar surface area (TPSA) is 202 Å². The van der Waals surface area contributed by atoms with E-state index in [0.29, 0.717) is 25.7 Å². The average molecular weight is 1080 g/mol. The van der Waals surface area contributed by atoms with Gasteiger partial charge in [-0.2, -0.15) is 8.42 Å². The van der Waals surface area contributed by atoms with Crippen LogP contribution in [0, 0.1) is 57.2 Å². The number of thioether (sulfide) groups is 1. The fourth-order valence-electron chi connectivity index (χ4n) is 17.7. The minimum atomic E-state index is -3.82. The zero-order chi connectivity index (χ0) is 54.0. The van der Waals surface area contributed by atoms with Crippen LogP contribution in [0.15, 0.2) is 89.2 Å². The molecule has 14 nitrogen and oxygen atoms in total. The normalized spacial score (nSPS) is 43.5. The summed E-state index contributed by atoms with van der Waals surface area (Å²) in [5.41, 5.74) is -2.35. The Labute approximate surface area is 451 Å². The maximum Gasteiger partial charge on any atom is 0.264 e. The van der Waals surface area contributed by atoms with E-state index in [-0.39, 0.29) is 70.1 Å².